The van der Waals surface area contributed by atoms with Gasteiger partial charge >= 0.3 is 5.97 Å². The highest BCUT2D eigenvalue weighted by molar-refractivity contribution is 6.30. The molecule has 0 saturated carbocycles. The zero-order valence-corrected chi connectivity index (χ0v) is 17.1. The van der Waals surface area contributed by atoms with E-state index in [1.807, 2.05) is 56.3 Å². The molecular formula is C24H22ClNO3. The van der Waals surface area contributed by atoms with Crippen LogP contribution >= 0.6 is 11.6 Å². The lowest BCUT2D eigenvalue weighted by Gasteiger charge is -2.20. The third kappa shape index (κ3) is 5.30. The first-order chi connectivity index (χ1) is 13.8. The summed E-state index contributed by atoms with van der Waals surface area (Å²) in [6.45, 7) is 3.84. The number of aromatic nitrogens is 1. The standard InChI is InChI=1S/C24H22ClNO3/c1-15-11-20(25)7-8-21(15)22(14-23(27)19-9-10-26-16(2)12-19)18-5-3-17(4-6-18)13-24(28)29/h3-12,22H,13-14H2,1-2H3,(H,28,29)/t22-/m1/s1. The first kappa shape index (κ1) is 20.7. The van der Waals surface area contributed by atoms with Gasteiger partial charge in [-0.25, -0.2) is 0 Å². The summed E-state index contributed by atoms with van der Waals surface area (Å²) in [5.74, 6) is -0.998. The minimum atomic E-state index is -0.869. The molecule has 0 spiro atoms. The lowest BCUT2D eigenvalue weighted by atomic mass is 9.83. The number of carbonyl (C=O) groups is 2. The molecule has 0 unspecified atom stereocenters. The molecule has 0 aliphatic rings. The van der Waals surface area contributed by atoms with Crippen molar-refractivity contribution in [2.45, 2.75) is 32.6 Å². The number of Topliss-reactive ketones (excluding diaryl/α,β-unsaturated/α-hetero) is 1. The molecule has 1 aromatic heterocycles. The van der Waals surface area contributed by atoms with Gasteiger partial charge in [-0.05, 0) is 60.4 Å². The summed E-state index contributed by atoms with van der Waals surface area (Å²) >= 11 is 6.13. The number of aliphatic carboxylic acids is 1. The summed E-state index contributed by atoms with van der Waals surface area (Å²) in [6.07, 6.45) is 1.91. The fraction of sp³-hybridized carbons (Fsp3) is 0.208. The van der Waals surface area contributed by atoms with Crippen molar-refractivity contribution in [3.8, 4) is 0 Å². The largest absolute Gasteiger partial charge is 0.481 e. The van der Waals surface area contributed by atoms with Crippen molar-refractivity contribution in [1.82, 2.24) is 4.98 Å². The van der Waals surface area contributed by atoms with Crippen molar-refractivity contribution in [2.24, 2.45) is 0 Å². The number of pyridine rings is 1. The molecule has 5 heteroatoms. The summed E-state index contributed by atoms with van der Waals surface area (Å²) in [4.78, 5) is 28.1. The zero-order valence-electron chi connectivity index (χ0n) is 16.4. The second kappa shape index (κ2) is 9.01. The minimum absolute atomic E-state index is 0.0276. The molecule has 3 aromatic rings. The molecule has 0 fully saturated rings. The van der Waals surface area contributed by atoms with E-state index in [-0.39, 0.29) is 18.1 Å². The predicted octanol–water partition coefficient (Wildman–Crippen LogP) is 5.38. The number of carbonyl (C=O) groups excluding carboxylic acids is 1. The summed E-state index contributed by atoms with van der Waals surface area (Å²) in [6, 6.07) is 16.6. The molecule has 0 radical (unpaired) electrons. The summed E-state index contributed by atoms with van der Waals surface area (Å²) in [5.41, 5.74) is 5.16. The number of nitrogens with zero attached hydrogens (tertiary/aromatic N) is 1. The van der Waals surface area contributed by atoms with E-state index in [0.29, 0.717) is 17.0 Å². The fourth-order valence-electron chi connectivity index (χ4n) is 3.50. The molecule has 29 heavy (non-hydrogen) atoms. The van der Waals surface area contributed by atoms with Crippen LogP contribution in [0.15, 0.2) is 60.8 Å². The van der Waals surface area contributed by atoms with E-state index in [9.17, 15) is 9.59 Å². The van der Waals surface area contributed by atoms with Crippen LogP contribution in [0, 0.1) is 13.8 Å². The van der Waals surface area contributed by atoms with Crippen molar-refractivity contribution < 1.29 is 14.7 Å². The van der Waals surface area contributed by atoms with Gasteiger partial charge in [0.1, 0.15) is 0 Å². The maximum atomic E-state index is 13.0. The highest BCUT2D eigenvalue weighted by atomic mass is 35.5. The van der Waals surface area contributed by atoms with E-state index in [1.54, 1.807) is 18.3 Å². The molecular weight excluding hydrogens is 386 g/mol. The Morgan fingerprint density at radius 2 is 1.76 bits per heavy atom. The molecule has 1 heterocycles. The normalized spacial score (nSPS) is 11.8. The average molecular weight is 408 g/mol. The van der Waals surface area contributed by atoms with Gasteiger partial charge in [0.25, 0.3) is 0 Å². The van der Waals surface area contributed by atoms with Gasteiger partial charge in [-0.15, -0.1) is 0 Å². The smallest absolute Gasteiger partial charge is 0.307 e. The molecule has 0 aliphatic carbocycles. The topological polar surface area (TPSA) is 67.3 Å². The number of benzene rings is 2. The Hall–Kier alpha value is -2.98. The van der Waals surface area contributed by atoms with Crippen molar-refractivity contribution in [1.29, 1.82) is 0 Å². The molecule has 1 N–H and O–H groups in total. The third-order valence-electron chi connectivity index (χ3n) is 4.95. The molecule has 0 saturated heterocycles. The Labute approximate surface area is 175 Å². The van der Waals surface area contributed by atoms with Crippen LogP contribution in [0.25, 0.3) is 0 Å². The quantitative estimate of drug-likeness (QED) is 0.533. The second-order valence-electron chi connectivity index (χ2n) is 7.18. The van der Waals surface area contributed by atoms with E-state index < -0.39 is 5.97 Å². The van der Waals surface area contributed by atoms with Crippen LogP contribution in [0.5, 0.6) is 0 Å². The Balaban J connectivity index is 1.97. The van der Waals surface area contributed by atoms with Gasteiger partial charge in [0.2, 0.25) is 0 Å². The molecule has 0 aliphatic heterocycles. The van der Waals surface area contributed by atoms with E-state index in [0.717, 1.165) is 27.9 Å². The number of aryl methyl sites for hydroxylation is 2. The molecule has 148 valence electrons. The molecule has 2 aromatic carbocycles. The lowest BCUT2D eigenvalue weighted by molar-refractivity contribution is -0.136. The Morgan fingerprint density at radius 1 is 1.03 bits per heavy atom. The third-order valence-corrected chi connectivity index (χ3v) is 5.19. The van der Waals surface area contributed by atoms with E-state index >= 15 is 0 Å². The second-order valence-corrected chi connectivity index (χ2v) is 7.62. The van der Waals surface area contributed by atoms with Crippen molar-refractivity contribution >= 4 is 23.4 Å². The van der Waals surface area contributed by atoms with Gasteiger partial charge in [0.05, 0.1) is 6.42 Å². The van der Waals surface area contributed by atoms with Gasteiger partial charge in [-0.3, -0.25) is 14.6 Å². The van der Waals surface area contributed by atoms with Crippen LogP contribution in [0.4, 0.5) is 0 Å². The highest BCUT2D eigenvalue weighted by Gasteiger charge is 2.21. The average Bonchev–Trinajstić information content (AvgIpc) is 2.67. The maximum Gasteiger partial charge on any atom is 0.307 e. The predicted molar refractivity (Wildman–Crippen MR) is 114 cm³/mol. The van der Waals surface area contributed by atoms with Crippen LogP contribution in [-0.4, -0.2) is 21.8 Å². The van der Waals surface area contributed by atoms with E-state index in [2.05, 4.69) is 4.98 Å². The number of ketones is 1. The Morgan fingerprint density at radius 3 is 2.38 bits per heavy atom. The van der Waals surface area contributed by atoms with Gasteiger partial charge in [0.15, 0.2) is 5.78 Å². The number of carboxylic acids is 1. The lowest BCUT2D eigenvalue weighted by Crippen LogP contribution is -2.11. The van der Waals surface area contributed by atoms with Crippen LogP contribution in [0.2, 0.25) is 5.02 Å². The van der Waals surface area contributed by atoms with Gasteiger partial charge in [0, 0.05) is 34.8 Å². The van der Waals surface area contributed by atoms with Crippen LogP contribution in [0.1, 0.15) is 50.6 Å². The van der Waals surface area contributed by atoms with Crippen molar-refractivity contribution in [3.63, 3.8) is 0 Å². The highest BCUT2D eigenvalue weighted by Crippen LogP contribution is 2.33. The van der Waals surface area contributed by atoms with Crippen LogP contribution in [0.3, 0.4) is 0 Å². The zero-order chi connectivity index (χ0) is 21.0. The first-order valence-electron chi connectivity index (χ1n) is 9.36. The number of carboxylic acid groups (broad SMARTS) is 1. The van der Waals surface area contributed by atoms with Crippen LogP contribution in [-0.2, 0) is 11.2 Å². The summed E-state index contributed by atoms with van der Waals surface area (Å²) in [7, 11) is 0. The van der Waals surface area contributed by atoms with Gasteiger partial charge < -0.3 is 5.11 Å². The number of hydrogen-bond donors (Lipinski definition) is 1. The van der Waals surface area contributed by atoms with Gasteiger partial charge in [-0.1, -0.05) is 41.9 Å². The Kier molecular flexibility index (Phi) is 6.45. The molecule has 1 atom stereocenters. The van der Waals surface area contributed by atoms with E-state index in [4.69, 9.17) is 16.7 Å². The number of hydrogen-bond acceptors (Lipinski definition) is 3. The number of rotatable bonds is 7. The SMILES string of the molecule is Cc1cc(C(=O)C[C@H](c2ccc(CC(=O)O)cc2)c2ccc(Cl)cc2C)ccn1. The Bertz CT molecular complexity index is 1040. The molecule has 3 rings (SSSR count). The molecule has 4 nitrogen and oxygen atoms in total. The first-order valence-corrected chi connectivity index (χ1v) is 9.74. The minimum Gasteiger partial charge on any atom is -0.481 e. The number of halogens is 1. The monoisotopic (exact) mass is 407 g/mol. The van der Waals surface area contributed by atoms with E-state index in [1.165, 1.54) is 0 Å². The van der Waals surface area contributed by atoms with Gasteiger partial charge in [-0.2, -0.15) is 0 Å². The molecule has 0 bridgehead atoms. The fourth-order valence-corrected chi connectivity index (χ4v) is 3.73. The maximum absolute atomic E-state index is 13.0. The van der Waals surface area contributed by atoms with Crippen LogP contribution < -0.4 is 0 Å². The molecule has 0 amide bonds. The summed E-state index contributed by atoms with van der Waals surface area (Å²) < 4.78 is 0. The summed E-state index contributed by atoms with van der Waals surface area (Å²) in [5, 5.41) is 9.64. The van der Waals surface area contributed by atoms with Crippen molar-refractivity contribution in [3.05, 3.63) is 99.3 Å². The van der Waals surface area contributed by atoms with Crippen molar-refractivity contribution in [2.75, 3.05) is 0 Å².